The summed E-state index contributed by atoms with van der Waals surface area (Å²) >= 11 is 0. The summed E-state index contributed by atoms with van der Waals surface area (Å²) in [5.74, 6) is 3.87. The first kappa shape index (κ1) is 18.5. The molecule has 3 aliphatic rings. The second kappa shape index (κ2) is 6.78. The average Bonchev–Trinajstić information content (AvgIpc) is 2.92. The highest BCUT2D eigenvalue weighted by molar-refractivity contribution is 5.23. The van der Waals surface area contributed by atoms with E-state index in [2.05, 4.69) is 40.7 Å². The van der Waals surface area contributed by atoms with Crippen molar-refractivity contribution in [3.05, 3.63) is 11.6 Å². The molecule has 0 saturated heterocycles. The van der Waals surface area contributed by atoms with Gasteiger partial charge in [0.2, 0.25) is 0 Å². The molecule has 24 heavy (non-hydrogen) atoms. The highest BCUT2D eigenvalue weighted by Crippen LogP contribution is 2.64. The highest BCUT2D eigenvalue weighted by Gasteiger charge is 2.56. The molecular formula is C23H40O. The summed E-state index contributed by atoms with van der Waals surface area (Å²) in [5.41, 5.74) is 2.58. The van der Waals surface area contributed by atoms with E-state index in [-0.39, 0.29) is 0 Å². The zero-order chi connectivity index (χ0) is 17.5. The predicted octanol–water partition coefficient (Wildman–Crippen LogP) is 6.22. The van der Waals surface area contributed by atoms with Crippen molar-refractivity contribution in [1.29, 1.82) is 0 Å². The summed E-state index contributed by atoms with van der Waals surface area (Å²) in [4.78, 5) is 0. The van der Waals surface area contributed by atoms with Gasteiger partial charge in [-0.25, -0.2) is 0 Å². The first-order chi connectivity index (χ1) is 11.4. The van der Waals surface area contributed by atoms with Crippen LogP contribution in [0.4, 0.5) is 0 Å². The van der Waals surface area contributed by atoms with Crippen LogP contribution < -0.4 is 0 Å². The van der Waals surface area contributed by atoms with Gasteiger partial charge in [-0.05, 0) is 85.9 Å². The van der Waals surface area contributed by atoms with Crippen LogP contribution in [0.3, 0.4) is 0 Å². The lowest BCUT2D eigenvalue weighted by molar-refractivity contribution is -0.0806. The molecule has 0 spiro atoms. The average molecular weight is 333 g/mol. The molecule has 2 unspecified atom stereocenters. The molecule has 0 aromatic heterocycles. The molecule has 3 rings (SSSR count). The van der Waals surface area contributed by atoms with Crippen LogP contribution in [0.15, 0.2) is 11.6 Å². The van der Waals surface area contributed by atoms with Gasteiger partial charge in [-0.15, -0.1) is 0 Å². The molecule has 138 valence electrons. The van der Waals surface area contributed by atoms with Crippen LogP contribution in [0, 0.1) is 40.4 Å². The number of allylic oxidation sites excluding steroid dienone is 2. The SMILES string of the molecule is C/C=C1\CCC2[C@@H](CC)C([C@@]3(C)CC[C@H](C)C[C@@H]3CO)CC[C@]12C. The molecule has 0 heterocycles. The van der Waals surface area contributed by atoms with E-state index in [1.54, 1.807) is 5.57 Å². The summed E-state index contributed by atoms with van der Waals surface area (Å²) in [6.07, 6.45) is 13.2. The minimum atomic E-state index is 0.363. The molecule has 0 bridgehead atoms. The van der Waals surface area contributed by atoms with Crippen molar-refractivity contribution in [1.82, 2.24) is 0 Å². The maximum absolute atomic E-state index is 10.1. The van der Waals surface area contributed by atoms with E-state index in [0.717, 1.165) is 23.7 Å². The minimum absolute atomic E-state index is 0.363. The van der Waals surface area contributed by atoms with Crippen LogP contribution in [-0.2, 0) is 0 Å². The fraction of sp³-hybridized carbons (Fsp3) is 0.913. The van der Waals surface area contributed by atoms with E-state index in [9.17, 15) is 5.11 Å². The Kier molecular flexibility index (Phi) is 5.23. The van der Waals surface area contributed by atoms with Crippen molar-refractivity contribution in [3.63, 3.8) is 0 Å². The van der Waals surface area contributed by atoms with Crippen LogP contribution in [0.25, 0.3) is 0 Å². The Morgan fingerprint density at radius 1 is 1.12 bits per heavy atom. The summed E-state index contributed by atoms with van der Waals surface area (Å²) in [6.45, 7) is 12.6. The Labute approximate surface area is 150 Å². The van der Waals surface area contributed by atoms with E-state index in [0.29, 0.717) is 23.4 Å². The standard InChI is InChI=1S/C23H40O/c1-6-17-8-9-20-19(7-2)21(11-13-22(17,20)4)23(5)12-10-16(3)14-18(23)15-24/h6,16,18-21,24H,7-15H2,1-5H3/b17-6+/t16-,18+,19+,20?,21?,22+,23-/m0/s1. The number of hydrogen-bond acceptors (Lipinski definition) is 1. The van der Waals surface area contributed by atoms with Gasteiger partial charge in [-0.2, -0.15) is 0 Å². The Hall–Kier alpha value is -0.300. The van der Waals surface area contributed by atoms with Gasteiger partial charge in [-0.3, -0.25) is 0 Å². The van der Waals surface area contributed by atoms with Gasteiger partial charge in [0.15, 0.2) is 0 Å². The molecule has 0 aliphatic heterocycles. The summed E-state index contributed by atoms with van der Waals surface area (Å²) < 4.78 is 0. The van der Waals surface area contributed by atoms with E-state index >= 15 is 0 Å². The fourth-order valence-electron chi connectivity index (χ4n) is 7.40. The number of fused-ring (bicyclic) bond motifs is 1. The molecule has 0 aromatic rings. The van der Waals surface area contributed by atoms with Crippen molar-refractivity contribution in [2.24, 2.45) is 40.4 Å². The fourth-order valence-corrected chi connectivity index (χ4v) is 7.40. The maximum Gasteiger partial charge on any atom is 0.0464 e. The van der Waals surface area contributed by atoms with Crippen molar-refractivity contribution >= 4 is 0 Å². The van der Waals surface area contributed by atoms with Crippen molar-refractivity contribution in [2.75, 3.05) is 6.61 Å². The van der Waals surface area contributed by atoms with Gasteiger partial charge in [0, 0.05) is 6.61 Å². The lowest BCUT2D eigenvalue weighted by Crippen LogP contribution is -2.50. The molecule has 0 aromatic carbocycles. The molecule has 3 saturated carbocycles. The van der Waals surface area contributed by atoms with Gasteiger partial charge in [0.05, 0.1) is 0 Å². The molecule has 3 fully saturated rings. The first-order valence-corrected chi connectivity index (χ1v) is 10.7. The summed E-state index contributed by atoms with van der Waals surface area (Å²) in [7, 11) is 0. The van der Waals surface area contributed by atoms with Crippen LogP contribution in [0.1, 0.15) is 86.0 Å². The molecule has 7 atom stereocenters. The molecular weight excluding hydrogens is 292 g/mol. The lowest BCUT2D eigenvalue weighted by atomic mass is 9.48. The molecule has 1 heteroatoms. The number of aliphatic hydroxyl groups is 1. The molecule has 3 aliphatic carbocycles. The van der Waals surface area contributed by atoms with Gasteiger partial charge >= 0.3 is 0 Å². The van der Waals surface area contributed by atoms with Crippen LogP contribution in [-0.4, -0.2) is 11.7 Å². The molecule has 1 N–H and O–H groups in total. The number of rotatable bonds is 3. The van der Waals surface area contributed by atoms with Crippen molar-refractivity contribution in [3.8, 4) is 0 Å². The molecule has 0 radical (unpaired) electrons. The normalized spacial score (nSPS) is 50.9. The highest BCUT2D eigenvalue weighted by atomic mass is 16.3. The Morgan fingerprint density at radius 3 is 2.50 bits per heavy atom. The Balaban J connectivity index is 1.89. The van der Waals surface area contributed by atoms with E-state index in [1.165, 1.54) is 51.4 Å². The first-order valence-electron chi connectivity index (χ1n) is 10.7. The van der Waals surface area contributed by atoms with Gasteiger partial charge in [0.25, 0.3) is 0 Å². The quantitative estimate of drug-likeness (QED) is 0.608. The second-order valence-electron chi connectivity index (χ2n) is 9.86. The van der Waals surface area contributed by atoms with E-state index < -0.39 is 0 Å². The zero-order valence-electron chi connectivity index (χ0n) is 16.8. The third-order valence-electron chi connectivity index (χ3n) is 8.97. The predicted molar refractivity (Wildman–Crippen MR) is 103 cm³/mol. The maximum atomic E-state index is 10.1. The second-order valence-corrected chi connectivity index (χ2v) is 9.86. The summed E-state index contributed by atoms with van der Waals surface area (Å²) in [6, 6.07) is 0. The van der Waals surface area contributed by atoms with E-state index in [4.69, 9.17) is 0 Å². The topological polar surface area (TPSA) is 20.2 Å². The third kappa shape index (κ3) is 2.70. The monoisotopic (exact) mass is 332 g/mol. The van der Waals surface area contributed by atoms with Gasteiger partial charge < -0.3 is 5.11 Å². The Bertz CT molecular complexity index is 480. The van der Waals surface area contributed by atoms with Gasteiger partial charge in [0.1, 0.15) is 0 Å². The van der Waals surface area contributed by atoms with Crippen molar-refractivity contribution < 1.29 is 5.11 Å². The van der Waals surface area contributed by atoms with Crippen LogP contribution >= 0.6 is 0 Å². The Morgan fingerprint density at radius 2 is 1.88 bits per heavy atom. The largest absolute Gasteiger partial charge is 0.396 e. The smallest absolute Gasteiger partial charge is 0.0464 e. The van der Waals surface area contributed by atoms with Crippen LogP contribution in [0.5, 0.6) is 0 Å². The molecule has 0 amide bonds. The third-order valence-corrected chi connectivity index (χ3v) is 8.97. The number of aliphatic hydroxyl groups excluding tert-OH is 1. The van der Waals surface area contributed by atoms with Crippen molar-refractivity contribution in [2.45, 2.75) is 86.0 Å². The summed E-state index contributed by atoms with van der Waals surface area (Å²) in [5, 5.41) is 10.1. The lowest BCUT2D eigenvalue weighted by Gasteiger charge is -2.57. The van der Waals surface area contributed by atoms with E-state index in [1.807, 2.05) is 0 Å². The number of hydrogen-bond donors (Lipinski definition) is 1. The molecule has 1 nitrogen and oxygen atoms in total. The van der Waals surface area contributed by atoms with Gasteiger partial charge in [-0.1, -0.05) is 52.2 Å². The van der Waals surface area contributed by atoms with Crippen LogP contribution in [0.2, 0.25) is 0 Å². The zero-order valence-corrected chi connectivity index (χ0v) is 16.8. The minimum Gasteiger partial charge on any atom is -0.396 e.